The summed E-state index contributed by atoms with van der Waals surface area (Å²) in [5.41, 5.74) is -1.49. The van der Waals surface area contributed by atoms with Crippen LogP contribution in [0.5, 0.6) is 0 Å². The van der Waals surface area contributed by atoms with E-state index in [2.05, 4.69) is 0 Å². The van der Waals surface area contributed by atoms with Crippen molar-refractivity contribution in [2.45, 2.75) is 45.1 Å². The van der Waals surface area contributed by atoms with E-state index in [9.17, 15) is 14.7 Å². The molecule has 1 amide bonds. The minimum atomic E-state index is -0.794. The molecule has 2 unspecified atom stereocenters. The van der Waals surface area contributed by atoms with Crippen LogP contribution in [0.3, 0.4) is 0 Å². The number of hydrogen-bond acceptors (Lipinski definition) is 3. The predicted molar refractivity (Wildman–Crippen MR) is 65.1 cm³/mol. The van der Waals surface area contributed by atoms with Crippen LogP contribution < -0.4 is 0 Å². The third kappa shape index (κ3) is 2.00. The van der Waals surface area contributed by atoms with E-state index in [0.717, 1.165) is 12.8 Å². The fourth-order valence-corrected chi connectivity index (χ4v) is 2.94. The highest BCUT2D eigenvalue weighted by Crippen LogP contribution is 2.37. The average molecular weight is 255 g/mol. The average Bonchev–Trinajstić information content (AvgIpc) is 2.96. The van der Waals surface area contributed by atoms with Crippen molar-refractivity contribution in [1.82, 2.24) is 4.90 Å². The summed E-state index contributed by atoms with van der Waals surface area (Å²) in [6, 6.07) is 0. The highest BCUT2D eigenvalue weighted by Gasteiger charge is 2.49. The molecule has 0 aliphatic carbocycles. The second kappa shape index (κ2) is 4.53. The van der Waals surface area contributed by atoms with E-state index in [1.54, 1.807) is 4.90 Å². The van der Waals surface area contributed by atoms with E-state index in [-0.39, 0.29) is 5.91 Å². The molecular formula is C13H21NO4. The predicted octanol–water partition coefficient (Wildman–Crippen LogP) is 1.27. The van der Waals surface area contributed by atoms with Crippen LogP contribution in [0.15, 0.2) is 0 Å². The molecule has 102 valence electrons. The van der Waals surface area contributed by atoms with E-state index in [1.165, 1.54) is 0 Å². The Labute approximate surface area is 107 Å². The summed E-state index contributed by atoms with van der Waals surface area (Å²) in [6.45, 7) is 5.15. The monoisotopic (exact) mass is 255 g/mol. The lowest BCUT2D eigenvalue weighted by atomic mass is 9.84. The number of carbonyl (C=O) groups is 2. The van der Waals surface area contributed by atoms with Crippen molar-refractivity contribution in [3.05, 3.63) is 0 Å². The van der Waals surface area contributed by atoms with Crippen LogP contribution in [0.1, 0.15) is 39.5 Å². The van der Waals surface area contributed by atoms with Gasteiger partial charge in [-0.05, 0) is 32.6 Å². The van der Waals surface area contributed by atoms with Gasteiger partial charge in [0, 0.05) is 19.7 Å². The van der Waals surface area contributed by atoms with Crippen LogP contribution in [0.2, 0.25) is 0 Å². The van der Waals surface area contributed by atoms with Gasteiger partial charge in [-0.3, -0.25) is 9.59 Å². The Morgan fingerprint density at radius 2 is 2.11 bits per heavy atom. The van der Waals surface area contributed by atoms with Gasteiger partial charge >= 0.3 is 5.97 Å². The zero-order valence-electron chi connectivity index (χ0n) is 11.1. The van der Waals surface area contributed by atoms with E-state index >= 15 is 0 Å². The quantitative estimate of drug-likeness (QED) is 0.824. The van der Waals surface area contributed by atoms with Crippen molar-refractivity contribution in [3.8, 4) is 0 Å². The van der Waals surface area contributed by atoms with Crippen molar-refractivity contribution in [3.63, 3.8) is 0 Å². The van der Waals surface area contributed by atoms with Gasteiger partial charge in [0.1, 0.15) is 5.60 Å². The smallest absolute Gasteiger partial charge is 0.311 e. The van der Waals surface area contributed by atoms with Gasteiger partial charge in [-0.1, -0.05) is 6.92 Å². The van der Waals surface area contributed by atoms with Gasteiger partial charge < -0.3 is 14.7 Å². The summed E-state index contributed by atoms with van der Waals surface area (Å²) in [6.07, 6.45) is 2.73. The van der Waals surface area contributed by atoms with Gasteiger partial charge in [-0.15, -0.1) is 0 Å². The molecule has 2 aliphatic rings. The molecule has 0 radical (unpaired) electrons. The number of nitrogens with zero attached hydrogens (tertiary/aromatic N) is 1. The van der Waals surface area contributed by atoms with Crippen LogP contribution in [-0.4, -0.2) is 47.2 Å². The fraction of sp³-hybridized carbons (Fsp3) is 0.846. The van der Waals surface area contributed by atoms with Crippen LogP contribution in [-0.2, 0) is 14.3 Å². The van der Waals surface area contributed by atoms with Crippen molar-refractivity contribution in [2.24, 2.45) is 5.41 Å². The number of amides is 1. The lowest BCUT2D eigenvalue weighted by molar-refractivity contribution is -0.153. The van der Waals surface area contributed by atoms with Crippen molar-refractivity contribution < 1.29 is 19.4 Å². The zero-order valence-corrected chi connectivity index (χ0v) is 11.1. The van der Waals surface area contributed by atoms with Crippen molar-refractivity contribution in [1.29, 1.82) is 0 Å². The van der Waals surface area contributed by atoms with E-state index in [1.807, 2.05) is 13.8 Å². The number of likely N-dealkylation sites (tertiary alicyclic amines) is 1. The first-order valence-electron chi connectivity index (χ1n) is 6.60. The summed E-state index contributed by atoms with van der Waals surface area (Å²) in [5.74, 6) is -0.839. The van der Waals surface area contributed by atoms with Gasteiger partial charge in [0.25, 0.3) is 5.91 Å². The summed E-state index contributed by atoms with van der Waals surface area (Å²) < 4.78 is 5.54. The van der Waals surface area contributed by atoms with Crippen molar-refractivity contribution >= 4 is 11.9 Å². The van der Waals surface area contributed by atoms with E-state index in [0.29, 0.717) is 32.5 Å². The molecule has 2 fully saturated rings. The number of carbonyl (C=O) groups excluding carboxylic acids is 1. The molecule has 0 aromatic rings. The first-order chi connectivity index (χ1) is 8.43. The third-order valence-electron chi connectivity index (χ3n) is 4.44. The number of hydrogen-bond donors (Lipinski definition) is 1. The summed E-state index contributed by atoms with van der Waals surface area (Å²) >= 11 is 0. The van der Waals surface area contributed by atoms with Crippen LogP contribution in [0, 0.1) is 5.41 Å². The Balaban J connectivity index is 2.09. The molecule has 1 N–H and O–H groups in total. The number of ether oxygens (including phenoxy) is 1. The molecule has 2 heterocycles. The molecule has 0 aromatic carbocycles. The largest absolute Gasteiger partial charge is 0.481 e. The SMILES string of the molecule is CCC1(C(=O)O)CCN(C(=O)C2(C)CCCO2)C1. The molecule has 0 bridgehead atoms. The molecular weight excluding hydrogens is 234 g/mol. The molecule has 0 saturated carbocycles. The Kier molecular flexibility index (Phi) is 3.36. The van der Waals surface area contributed by atoms with Crippen LogP contribution in [0.4, 0.5) is 0 Å². The maximum absolute atomic E-state index is 12.4. The molecule has 2 aliphatic heterocycles. The summed E-state index contributed by atoms with van der Waals surface area (Å²) in [5, 5.41) is 9.32. The molecule has 5 nitrogen and oxygen atoms in total. The second-order valence-corrected chi connectivity index (χ2v) is 5.60. The van der Waals surface area contributed by atoms with Crippen LogP contribution >= 0.6 is 0 Å². The lowest BCUT2D eigenvalue weighted by Crippen LogP contribution is -2.47. The molecule has 18 heavy (non-hydrogen) atoms. The number of carboxylic acids is 1. The van der Waals surface area contributed by atoms with Gasteiger partial charge in [0.15, 0.2) is 0 Å². The Morgan fingerprint density at radius 3 is 2.56 bits per heavy atom. The molecule has 2 atom stereocenters. The molecule has 2 saturated heterocycles. The van der Waals surface area contributed by atoms with Gasteiger partial charge in [-0.2, -0.15) is 0 Å². The second-order valence-electron chi connectivity index (χ2n) is 5.60. The topological polar surface area (TPSA) is 66.8 Å². The van der Waals surface area contributed by atoms with Gasteiger partial charge in [0.05, 0.1) is 5.41 Å². The number of carboxylic acid groups (broad SMARTS) is 1. The standard InChI is InChI=1S/C13H21NO4/c1-3-13(11(16)17)6-7-14(9-13)10(15)12(2)5-4-8-18-12/h3-9H2,1-2H3,(H,16,17). The maximum atomic E-state index is 12.4. The highest BCUT2D eigenvalue weighted by atomic mass is 16.5. The third-order valence-corrected chi connectivity index (χ3v) is 4.44. The Hall–Kier alpha value is -1.10. The van der Waals surface area contributed by atoms with Crippen LogP contribution in [0.25, 0.3) is 0 Å². The minimum absolute atomic E-state index is 0.0448. The first kappa shape index (κ1) is 13.3. The zero-order chi connectivity index (χ0) is 13.4. The van der Waals surface area contributed by atoms with Crippen molar-refractivity contribution in [2.75, 3.05) is 19.7 Å². The summed E-state index contributed by atoms with van der Waals surface area (Å²) in [4.78, 5) is 25.4. The molecule has 2 rings (SSSR count). The highest BCUT2D eigenvalue weighted by molar-refractivity contribution is 5.87. The Bertz CT molecular complexity index is 362. The molecule has 0 aromatic heterocycles. The van der Waals surface area contributed by atoms with E-state index < -0.39 is 17.0 Å². The fourth-order valence-electron chi connectivity index (χ4n) is 2.94. The van der Waals surface area contributed by atoms with Gasteiger partial charge in [-0.25, -0.2) is 0 Å². The normalized spacial score (nSPS) is 36.0. The Morgan fingerprint density at radius 1 is 1.39 bits per heavy atom. The number of aliphatic carboxylic acids is 1. The molecule has 0 spiro atoms. The molecule has 5 heteroatoms. The van der Waals surface area contributed by atoms with Gasteiger partial charge in [0.2, 0.25) is 0 Å². The lowest BCUT2D eigenvalue weighted by Gasteiger charge is -2.29. The van der Waals surface area contributed by atoms with E-state index in [4.69, 9.17) is 4.74 Å². The minimum Gasteiger partial charge on any atom is -0.481 e. The number of rotatable bonds is 3. The summed E-state index contributed by atoms with van der Waals surface area (Å²) in [7, 11) is 0. The first-order valence-corrected chi connectivity index (χ1v) is 6.60. The maximum Gasteiger partial charge on any atom is 0.311 e.